The van der Waals surface area contributed by atoms with Crippen LogP contribution < -0.4 is 0 Å². The molecule has 0 unspecified atom stereocenters. The first-order valence-electron chi connectivity index (χ1n) is 8.21. The lowest BCUT2D eigenvalue weighted by Gasteiger charge is -2.24. The lowest BCUT2D eigenvalue weighted by molar-refractivity contribution is -0.155. The molecule has 0 spiro atoms. The topological polar surface area (TPSA) is 74.7 Å². The van der Waals surface area contributed by atoms with Crippen molar-refractivity contribution in [2.45, 2.75) is 31.7 Å². The molecule has 5 nitrogen and oxygen atoms in total. The number of aliphatic carboxylic acids is 1. The second-order valence-corrected chi connectivity index (χ2v) is 6.98. The minimum absolute atomic E-state index is 0.169. The standard InChI is InChI=1S/C18H19NO4/c20-16-14-11-6-7-12(9-11)15(14)17(21)19(16)13(18(22)23)8-10-4-2-1-3-5-10/h1-5,11-15H,6-9H2,(H,22,23)/t11-,12-,13-,14+,15+/m0/s1. The van der Waals surface area contributed by atoms with Gasteiger partial charge in [0.15, 0.2) is 0 Å². The van der Waals surface area contributed by atoms with Gasteiger partial charge in [0.25, 0.3) is 0 Å². The van der Waals surface area contributed by atoms with E-state index in [9.17, 15) is 19.5 Å². The van der Waals surface area contributed by atoms with E-state index >= 15 is 0 Å². The van der Waals surface area contributed by atoms with Crippen molar-refractivity contribution in [1.29, 1.82) is 0 Å². The predicted molar refractivity (Wildman–Crippen MR) is 81.2 cm³/mol. The Morgan fingerprint density at radius 2 is 1.65 bits per heavy atom. The number of fused-ring (bicyclic) bond motifs is 5. The highest BCUT2D eigenvalue weighted by Gasteiger charge is 2.62. The van der Waals surface area contributed by atoms with Gasteiger partial charge in [-0.2, -0.15) is 0 Å². The maximum absolute atomic E-state index is 12.8. The summed E-state index contributed by atoms with van der Waals surface area (Å²) in [7, 11) is 0. The monoisotopic (exact) mass is 313 g/mol. The number of carboxylic acids is 1. The molecule has 0 radical (unpaired) electrons. The summed E-state index contributed by atoms with van der Waals surface area (Å²) in [6.07, 6.45) is 3.11. The number of benzene rings is 1. The van der Waals surface area contributed by atoms with E-state index in [2.05, 4.69) is 0 Å². The maximum atomic E-state index is 12.8. The molecule has 5 heteroatoms. The molecule has 3 aliphatic rings. The Morgan fingerprint density at radius 3 is 2.17 bits per heavy atom. The smallest absolute Gasteiger partial charge is 0.327 e. The molecular formula is C18H19NO4. The number of likely N-dealkylation sites (tertiary alicyclic amines) is 1. The molecule has 2 amide bonds. The number of carboxylic acid groups (broad SMARTS) is 1. The average molecular weight is 313 g/mol. The van der Waals surface area contributed by atoms with Crippen molar-refractivity contribution in [2.24, 2.45) is 23.7 Å². The zero-order valence-electron chi connectivity index (χ0n) is 12.7. The summed E-state index contributed by atoms with van der Waals surface area (Å²) in [5.74, 6) is -1.60. The van der Waals surface area contributed by atoms with Gasteiger partial charge in [0.2, 0.25) is 11.8 Å². The molecule has 1 aromatic carbocycles. The fraction of sp³-hybridized carbons (Fsp3) is 0.500. The summed E-state index contributed by atoms with van der Waals surface area (Å²) in [6, 6.07) is 8.07. The third-order valence-corrected chi connectivity index (χ3v) is 5.83. The number of carbonyl (C=O) groups excluding carboxylic acids is 2. The molecule has 120 valence electrons. The van der Waals surface area contributed by atoms with Gasteiger partial charge in [0, 0.05) is 6.42 Å². The molecule has 5 atom stereocenters. The summed E-state index contributed by atoms with van der Waals surface area (Å²) >= 11 is 0. The largest absolute Gasteiger partial charge is 0.480 e. The van der Waals surface area contributed by atoms with Crippen LogP contribution in [-0.4, -0.2) is 33.8 Å². The summed E-state index contributed by atoms with van der Waals surface area (Å²) < 4.78 is 0. The first-order chi connectivity index (χ1) is 11.1. The molecule has 2 saturated carbocycles. The molecule has 4 rings (SSSR count). The Labute approximate surface area is 134 Å². The number of rotatable bonds is 4. The number of hydrogen-bond donors (Lipinski definition) is 1. The van der Waals surface area contributed by atoms with Crippen LogP contribution in [0.15, 0.2) is 30.3 Å². The number of imide groups is 1. The van der Waals surface area contributed by atoms with Crippen LogP contribution in [0.4, 0.5) is 0 Å². The quantitative estimate of drug-likeness (QED) is 0.859. The lowest BCUT2D eigenvalue weighted by Crippen LogP contribution is -2.47. The van der Waals surface area contributed by atoms with Crippen molar-refractivity contribution in [3.63, 3.8) is 0 Å². The highest BCUT2D eigenvalue weighted by molar-refractivity contribution is 6.08. The van der Waals surface area contributed by atoms with E-state index in [0.29, 0.717) is 0 Å². The van der Waals surface area contributed by atoms with Gasteiger partial charge < -0.3 is 5.11 Å². The molecule has 0 aromatic heterocycles. The molecule has 1 aromatic rings. The molecule has 2 aliphatic carbocycles. The molecule has 1 N–H and O–H groups in total. The first-order valence-corrected chi connectivity index (χ1v) is 8.21. The van der Waals surface area contributed by atoms with Crippen molar-refractivity contribution < 1.29 is 19.5 Å². The van der Waals surface area contributed by atoms with Crippen LogP contribution >= 0.6 is 0 Å². The normalized spacial score (nSPS) is 33.1. The lowest BCUT2D eigenvalue weighted by atomic mass is 9.81. The van der Waals surface area contributed by atoms with Gasteiger partial charge in [-0.05, 0) is 36.7 Å². The Bertz CT molecular complexity index is 643. The van der Waals surface area contributed by atoms with Crippen molar-refractivity contribution in [3.05, 3.63) is 35.9 Å². The zero-order chi connectivity index (χ0) is 16.1. The molecule has 1 heterocycles. The minimum atomic E-state index is -1.11. The summed E-state index contributed by atoms with van der Waals surface area (Å²) in [6.45, 7) is 0. The van der Waals surface area contributed by atoms with Gasteiger partial charge in [-0.15, -0.1) is 0 Å². The van der Waals surface area contributed by atoms with Gasteiger partial charge in [0.1, 0.15) is 6.04 Å². The number of carbonyl (C=O) groups is 3. The van der Waals surface area contributed by atoms with Gasteiger partial charge >= 0.3 is 5.97 Å². The van der Waals surface area contributed by atoms with Gasteiger partial charge in [-0.3, -0.25) is 14.5 Å². The summed E-state index contributed by atoms with van der Waals surface area (Å²) in [5.41, 5.74) is 0.820. The molecule has 3 fully saturated rings. The third kappa shape index (κ3) is 2.10. The number of nitrogens with zero attached hydrogens (tertiary/aromatic N) is 1. The van der Waals surface area contributed by atoms with Gasteiger partial charge in [-0.1, -0.05) is 30.3 Å². The van der Waals surface area contributed by atoms with Crippen molar-refractivity contribution in [1.82, 2.24) is 4.90 Å². The average Bonchev–Trinajstić information content (AvgIpc) is 3.21. The second-order valence-electron chi connectivity index (χ2n) is 6.98. The summed E-state index contributed by atoms with van der Waals surface area (Å²) in [4.78, 5) is 38.3. The van der Waals surface area contributed by atoms with E-state index in [1.807, 2.05) is 30.3 Å². The minimum Gasteiger partial charge on any atom is -0.480 e. The fourth-order valence-electron chi connectivity index (χ4n) is 4.87. The van der Waals surface area contributed by atoms with E-state index in [1.165, 1.54) is 0 Å². The Hall–Kier alpha value is -2.17. The number of amides is 2. The van der Waals surface area contributed by atoms with Crippen LogP contribution in [0.5, 0.6) is 0 Å². The maximum Gasteiger partial charge on any atom is 0.327 e. The van der Waals surface area contributed by atoms with E-state index in [-0.39, 0.29) is 41.9 Å². The molecule has 1 saturated heterocycles. The van der Waals surface area contributed by atoms with Crippen molar-refractivity contribution in [3.8, 4) is 0 Å². The van der Waals surface area contributed by atoms with Gasteiger partial charge in [-0.25, -0.2) is 4.79 Å². The fourth-order valence-corrected chi connectivity index (χ4v) is 4.87. The first kappa shape index (κ1) is 14.4. The zero-order valence-corrected chi connectivity index (χ0v) is 12.7. The van der Waals surface area contributed by atoms with E-state index in [1.54, 1.807) is 0 Å². The van der Waals surface area contributed by atoms with Crippen LogP contribution in [0.2, 0.25) is 0 Å². The van der Waals surface area contributed by atoms with E-state index in [4.69, 9.17) is 0 Å². The Kier molecular flexibility index (Phi) is 3.25. The van der Waals surface area contributed by atoms with Gasteiger partial charge in [0.05, 0.1) is 11.8 Å². The van der Waals surface area contributed by atoms with Crippen LogP contribution in [0.3, 0.4) is 0 Å². The van der Waals surface area contributed by atoms with Crippen LogP contribution in [-0.2, 0) is 20.8 Å². The predicted octanol–water partition coefficient (Wildman–Crippen LogP) is 1.71. The van der Waals surface area contributed by atoms with E-state index < -0.39 is 12.0 Å². The Balaban J connectivity index is 1.63. The SMILES string of the molecule is O=C(O)[C@H](Cc1ccccc1)N1C(=O)[C@@H]2[C@H]3CC[C@@H](C3)[C@H]2C1=O. The molecule has 1 aliphatic heterocycles. The van der Waals surface area contributed by atoms with Crippen molar-refractivity contribution >= 4 is 17.8 Å². The Morgan fingerprint density at radius 1 is 1.09 bits per heavy atom. The van der Waals surface area contributed by atoms with Crippen LogP contribution in [0.1, 0.15) is 24.8 Å². The van der Waals surface area contributed by atoms with Crippen molar-refractivity contribution in [2.75, 3.05) is 0 Å². The summed E-state index contributed by atoms with van der Waals surface area (Å²) in [5, 5.41) is 9.60. The second kappa shape index (κ2) is 5.18. The molecule has 2 bridgehead atoms. The molecular weight excluding hydrogens is 294 g/mol. The van der Waals surface area contributed by atoms with Crippen LogP contribution in [0.25, 0.3) is 0 Å². The van der Waals surface area contributed by atoms with Crippen LogP contribution in [0, 0.1) is 23.7 Å². The third-order valence-electron chi connectivity index (χ3n) is 5.83. The highest BCUT2D eigenvalue weighted by atomic mass is 16.4. The molecule has 23 heavy (non-hydrogen) atoms. The number of hydrogen-bond acceptors (Lipinski definition) is 3. The highest BCUT2D eigenvalue weighted by Crippen LogP contribution is 2.56. The van der Waals surface area contributed by atoms with E-state index in [0.717, 1.165) is 29.7 Å².